The molecule has 0 unspecified atom stereocenters. The highest BCUT2D eigenvalue weighted by atomic mass is 16.4. The summed E-state index contributed by atoms with van der Waals surface area (Å²) >= 11 is 0. The lowest BCUT2D eigenvalue weighted by molar-refractivity contribution is -0.0745. The van der Waals surface area contributed by atoms with E-state index >= 15 is 0 Å². The van der Waals surface area contributed by atoms with Gasteiger partial charge < -0.3 is 25.5 Å². The van der Waals surface area contributed by atoms with Crippen molar-refractivity contribution in [1.29, 1.82) is 0 Å². The topological polar surface area (TPSA) is 101 Å². The lowest BCUT2D eigenvalue weighted by Crippen LogP contribution is -2.40. The standard InChI is InChI=1S/C8H16O5/c1-4(2)6(11)8(13)7(12)5(10)3-9/h5,7-13H,3H2,1-2H3/t5-,7+,8+/m1/s1. The Bertz CT molecular complexity index is 185. The molecule has 0 radical (unpaired) electrons. The van der Waals surface area contributed by atoms with Gasteiger partial charge in [-0.15, -0.1) is 0 Å². The Hall–Kier alpha value is -0.620. The van der Waals surface area contributed by atoms with Gasteiger partial charge in [-0.2, -0.15) is 0 Å². The number of aliphatic hydroxyl groups excluding tert-OH is 5. The van der Waals surface area contributed by atoms with Crippen LogP contribution >= 0.6 is 0 Å². The number of hydrogen-bond donors (Lipinski definition) is 5. The first kappa shape index (κ1) is 12.4. The molecular weight excluding hydrogens is 176 g/mol. The molecule has 0 aromatic carbocycles. The van der Waals surface area contributed by atoms with Crippen molar-refractivity contribution in [2.75, 3.05) is 6.61 Å². The van der Waals surface area contributed by atoms with Gasteiger partial charge in [-0.25, -0.2) is 0 Å². The van der Waals surface area contributed by atoms with Gasteiger partial charge in [0.1, 0.15) is 24.1 Å². The maximum absolute atomic E-state index is 9.23. The highest BCUT2D eigenvalue weighted by molar-refractivity contribution is 5.08. The fourth-order valence-electron chi connectivity index (χ4n) is 0.776. The van der Waals surface area contributed by atoms with Crippen LogP contribution in [0.2, 0.25) is 0 Å². The third-order valence-electron chi connectivity index (χ3n) is 1.70. The third-order valence-corrected chi connectivity index (χ3v) is 1.70. The molecule has 0 heterocycles. The van der Waals surface area contributed by atoms with Gasteiger partial charge in [0, 0.05) is 0 Å². The van der Waals surface area contributed by atoms with Crippen LogP contribution in [-0.2, 0) is 0 Å². The van der Waals surface area contributed by atoms with E-state index in [2.05, 4.69) is 0 Å². The molecule has 0 aliphatic rings. The molecule has 0 amide bonds. The molecule has 0 aliphatic heterocycles. The first-order valence-corrected chi connectivity index (χ1v) is 3.93. The van der Waals surface area contributed by atoms with E-state index in [0.717, 1.165) is 0 Å². The molecule has 0 spiro atoms. The molecule has 78 valence electrons. The van der Waals surface area contributed by atoms with Gasteiger partial charge in [-0.3, -0.25) is 0 Å². The van der Waals surface area contributed by atoms with E-state index in [1.54, 1.807) is 13.8 Å². The van der Waals surface area contributed by atoms with Crippen LogP contribution in [0.4, 0.5) is 0 Å². The molecule has 5 heteroatoms. The number of hydrogen-bond acceptors (Lipinski definition) is 5. The summed E-state index contributed by atoms with van der Waals surface area (Å²) < 4.78 is 0. The lowest BCUT2D eigenvalue weighted by Gasteiger charge is -2.21. The van der Waals surface area contributed by atoms with Crippen molar-refractivity contribution < 1.29 is 25.5 Å². The summed E-state index contributed by atoms with van der Waals surface area (Å²) in [5.41, 5.74) is 0.441. The van der Waals surface area contributed by atoms with Crippen LogP contribution < -0.4 is 0 Å². The second-order valence-electron chi connectivity index (χ2n) is 3.07. The van der Waals surface area contributed by atoms with Crippen molar-refractivity contribution >= 4 is 0 Å². The van der Waals surface area contributed by atoms with Crippen molar-refractivity contribution in [2.24, 2.45) is 0 Å². The summed E-state index contributed by atoms with van der Waals surface area (Å²) in [6.45, 7) is 2.43. The maximum atomic E-state index is 9.23. The maximum Gasteiger partial charge on any atom is 0.139 e. The molecule has 5 N–H and O–H groups in total. The van der Waals surface area contributed by atoms with E-state index in [9.17, 15) is 10.2 Å². The highest BCUT2D eigenvalue weighted by Gasteiger charge is 2.27. The SMILES string of the molecule is CC(C)=C(O)[C@H](O)[C@@H](O)[C@H](O)CO. The van der Waals surface area contributed by atoms with Gasteiger partial charge in [-0.1, -0.05) is 0 Å². The number of aliphatic hydroxyl groups is 5. The zero-order chi connectivity index (χ0) is 10.6. The Kier molecular flexibility index (Phi) is 4.94. The Labute approximate surface area is 76.6 Å². The molecule has 0 saturated carbocycles. The molecule has 0 aromatic rings. The fraction of sp³-hybridized carbons (Fsp3) is 0.750. The predicted molar refractivity (Wildman–Crippen MR) is 46.1 cm³/mol. The van der Waals surface area contributed by atoms with Crippen molar-refractivity contribution in [1.82, 2.24) is 0 Å². The van der Waals surface area contributed by atoms with Crippen LogP contribution in [0.1, 0.15) is 13.8 Å². The minimum atomic E-state index is -1.58. The van der Waals surface area contributed by atoms with Crippen LogP contribution in [0.3, 0.4) is 0 Å². The van der Waals surface area contributed by atoms with Crippen molar-refractivity contribution in [3.05, 3.63) is 11.3 Å². The van der Waals surface area contributed by atoms with Crippen molar-refractivity contribution in [3.8, 4) is 0 Å². The summed E-state index contributed by atoms with van der Waals surface area (Å²) in [5.74, 6) is -0.389. The molecule has 0 aromatic heterocycles. The predicted octanol–water partition coefficient (Wildman–Crippen LogP) is -1.09. The minimum Gasteiger partial charge on any atom is -0.510 e. The van der Waals surface area contributed by atoms with E-state index in [0.29, 0.717) is 5.57 Å². The van der Waals surface area contributed by atoms with E-state index in [1.807, 2.05) is 0 Å². The Morgan fingerprint density at radius 2 is 1.62 bits per heavy atom. The quantitative estimate of drug-likeness (QED) is 0.364. The van der Waals surface area contributed by atoms with Gasteiger partial charge in [0.2, 0.25) is 0 Å². The van der Waals surface area contributed by atoms with E-state index in [4.69, 9.17) is 15.3 Å². The third kappa shape index (κ3) is 3.31. The summed E-state index contributed by atoms with van der Waals surface area (Å²) in [6, 6.07) is 0. The first-order chi connectivity index (χ1) is 5.91. The Morgan fingerprint density at radius 3 is 1.92 bits per heavy atom. The Balaban J connectivity index is 4.42. The van der Waals surface area contributed by atoms with Gasteiger partial charge in [-0.05, 0) is 19.4 Å². The highest BCUT2D eigenvalue weighted by Crippen LogP contribution is 2.11. The average molecular weight is 192 g/mol. The molecule has 5 nitrogen and oxygen atoms in total. The zero-order valence-corrected chi connectivity index (χ0v) is 7.68. The Morgan fingerprint density at radius 1 is 1.15 bits per heavy atom. The lowest BCUT2D eigenvalue weighted by atomic mass is 10.0. The molecule has 0 bridgehead atoms. The van der Waals surface area contributed by atoms with E-state index in [1.165, 1.54) is 0 Å². The molecule has 0 saturated heterocycles. The molecule has 0 aliphatic carbocycles. The molecule has 0 rings (SSSR count). The van der Waals surface area contributed by atoms with E-state index in [-0.39, 0.29) is 5.76 Å². The van der Waals surface area contributed by atoms with Crippen LogP contribution in [-0.4, -0.2) is 50.5 Å². The van der Waals surface area contributed by atoms with Crippen molar-refractivity contribution in [3.63, 3.8) is 0 Å². The first-order valence-electron chi connectivity index (χ1n) is 3.93. The molecular formula is C8H16O5. The van der Waals surface area contributed by atoms with Crippen LogP contribution in [0.25, 0.3) is 0 Å². The minimum absolute atomic E-state index is 0.389. The fourth-order valence-corrected chi connectivity index (χ4v) is 0.776. The van der Waals surface area contributed by atoms with E-state index < -0.39 is 24.9 Å². The summed E-state index contributed by atoms with van der Waals surface area (Å²) in [6.07, 6.45) is -4.61. The van der Waals surface area contributed by atoms with Crippen LogP contribution in [0, 0.1) is 0 Å². The largest absolute Gasteiger partial charge is 0.510 e. The molecule has 0 fully saturated rings. The number of allylic oxidation sites excluding steroid dienone is 1. The average Bonchev–Trinajstić information content (AvgIpc) is 2.12. The molecule has 13 heavy (non-hydrogen) atoms. The van der Waals surface area contributed by atoms with Gasteiger partial charge in [0.25, 0.3) is 0 Å². The van der Waals surface area contributed by atoms with Crippen LogP contribution in [0.15, 0.2) is 11.3 Å². The number of rotatable bonds is 4. The summed E-state index contributed by atoms with van der Waals surface area (Å²) in [5, 5.41) is 45.0. The van der Waals surface area contributed by atoms with Crippen LogP contribution in [0.5, 0.6) is 0 Å². The second-order valence-corrected chi connectivity index (χ2v) is 3.07. The van der Waals surface area contributed by atoms with Gasteiger partial charge in [0.05, 0.1) is 6.61 Å². The monoisotopic (exact) mass is 192 g/mol. The summed E-state index contributed by atoms with van der Waals surface area (Å²) in [4.78, 5) is 0. The van der Waals surface area contributed by atoms with Crippen molar-refractivity contribution in [2.45, 2.75) is 32.2 Å². The van der Waals surface area contributed by atoms with Gasteiger partial charge in [0.15, 0.2) is 0 Å². The smallest absolute Gasteiger partial charge is 0.139 e. The zero-order valence-electron chi connectivity index (χ0n) is 7.68. The second kappa shape index (κ2) is 5.18. The normalized spacial score (nSPS) is 17.7. The molecule has 3 atom stereocenters. The summed E-state index contributed by atoms with van der Waals surface area (Å²) in [7, 11) is 0. The van der Waals surface area contributed by atoms with Gasteiger partial charge >= 0.3 is 0 Å².